The highest BCUT2D eigenvalue weighted by Crippen LogP contribution is 2.29. The molecule has 1 aromatic rings. The number of halogens is 2. The molecule has 0 fully saturated rings. The summed E-state index contributed by atoms with van der Waals surface area (Å²) in [5.74, 6) is -0.477. The maximum atomic E-state index is 11.6. The van der Waals surface area contributed by atoms with E-state index in [1.54, 1.807) is 18.2 Å². The van der Waals surface area contributed by atoms with E-state index >= 15 is 0 Å². The topological polar surface area (TPSA) is 34.1 Å². The van der Waals surface area contributed by atoms with E-state index in [2.05, 4.69) is 0 Å². The van der Waals surface area contributed by atoms with Crippen molar-refractivity contribution in [1.29, 1.82) is 0 Å². The fraction of sp³-hybridized carbons (Fsp3) is 0. The van der Waals surface area contributed by atoms with Crippen molar-refractivity contribution < 1.29 is 9.59 Å². The number of allylic oxidation sites excluding steroid dienone is 4. The zero-order chi connectivity index (χ0) is 11.7. The number of carbonyl (C=O) groups is 2. The summed E-state index contributed by atoms with van der Waals surface area (Å²) >= 11 is 11.8. The van der Waals surface area contributed by atoms with Crippen LogP contribution in [0.1, 0.15) is 5.56 Å². The van der Waals surface area contributed by atoms with Crippen LogP contribution in [0.25, 0.3) is 5.57 Å². The Morgan fingerprint density at radius 1 is 1.00 bits per heavy atom. The molecule has 4 heteroatoms. The second-order valence-electron chi connectivity index (χ2n) is 3.28. The SMILES string of the molecule is O=C1C=CC(=O)C(c2cc(Cl)ccc2Cl)=C1. The monoisotopic (exact) mass is 252 g/mol. The lowest BCUT2D eigenvalue weighted by atomic mass is 9.96. The van der Waals surface area contributed by atoms with Crippen LogP contribution in [0.2, 0.25) is 10.0 Å². The Hall–Kier alpha value is -1.38. The highest BCUT2D eigenvalue weighted by atomic mass is 35.5. The predicted molar refractivity (Wildman–Crippen MR) is 63.6 cm³/mol. The zero-order valence-corrected chi connectivity index (χ0v) is 9.55. The third kappa shape index (κ3) is 2.08. The normalized spacial score (nSPS) is 15.2. The average molecular weight is 253 g/mol. The molecule has 0 bridgehead atoms. The third-order valence-corrected chi connectivity index (χ3v) is 2.73. The Bertz CT molecular complexity index is 542. The summed E-state index contributed by atoms with van der Waals surface area (Å²) < 4.78 is 0. The van der Waals surface area contributed by atoms with E-state index in [-0.39, 0.29) is 17.1 Å². The Labute approximate surface area is 102 Å². The zero-order valence-electron chi connectivity index (χ0n) is 8.04. The molecule has 0 aliphatic heterocycles. The van der Waals surface area contributed by atoms with Gasteiger partial charge in [-0.05, 0) is 36.4 Å². The van der Waals surface area contributed by atoms with Crippen molar-refractivity contribution in [2.24, 2.45) is 0 Å². The fourth-order valence-electron chi connectivity index (χ4n) is 1.42. The first-order valence-electron chi connectivity index (χ1n) is 4.51. The van der Waals surface area contributed by atoms with Crippen molar-refractivity contribution in [3.63, 3.8) is 0 Å². The Morgan fingerprint density at radius 2 is 1.75 bits per heavy atom. The van der Waals surface area contributed by atoms with Crippen molar-refractivity contribution >= 4 is 40.3 Å². The number of carbonyl (C=O) groups excluding carboxylic acids is 2. The summed E-state index contributed by atoms with van der Waals surface area (Å²) in [6, 6.07) is 4.79. The number of hydrogen-bond donors (Lipinski definition) is 0. The summed E-state index contributed by atoms with van der Waals surface area (Å²) in [6.07, 6.45) is 3.72. The second kappa shape index (κ2) is 4.24. The Morgan fingerprint density at radius 3 is 2.50 bits per heavy atom. The van der Waals surface area contributed by atoms with E-state index in [9.17, 15) is 9.59 Å². The standard InChI is InChI=1S/C12H6Cl2O2/c13-7-1-3-11(14)9(5-7)10-6-8(15)2-4-12(10)16/h1-6H. The molecule has 2 nitrogen and oxygen atoms in total. The molecular weight excluding hydrogens is 247 g/mol. The van der Waals surface area contributed by atoms with Crippen molar-refractivity contribution in [3.05, 3.63) is 52.0 Å². The van der Waals surface area contributed by atoms with Gasteiger partial charge in [0, 0.05) is 21.2 Å². The van der Waals surface area contributed by atoms with Crippen LogP contribution in [-0.2, 0) is 9.59 Å². The molecule has 0 saturated carbocycles. The lowest BCUT2D eigenvalue weighted by Crippen LogP contribution is -2.06. The van der Waals surface area contributed by atoms with Crippen LogP contribution in [0.4, 0.5) is 0 Å². The molecule has 0 heterocycles. The third-order valence-electron chi connectivity index (χ3n) is 2.17. The summed E-state index contributed by atoms with van der Waals surface area (Å²) in [5, 5.41) is 0.863. The van der Waals surface area contributed by atoms with E-state index in [1.807, 2.05) is 0 Å². The van der Waals surface area contributed by atoms with Gasteiger partial charge in [-0.2, -0.15) is 0 Å². The first kappa shape index (κ1) is 11.1. The van der Waals surface area contributed by atoms with Crippen molar-refractivity contribution in [1.82, 2.24) is 0 Å². The van der Waals surface area contributed by atoms with E-state index in [0.717, 1.165) is 0 Å². The second-order valence-corrected chi connectivity index (χ2v) is 4.13. The van der Waals surface area contributed by atoms with Gasteiger partial charge in [-0.25, -0.2) is 0 Å². The largest absolute Gasteiger partial charge is 0.290 e. The van der Waals surface area contributed by atoms with Crippen molar-refractivity contribution in [2.75, 3.05) is 0 Å². The van der Waals surface area contributed by atoms with Crippen molar-refractivity contribution in [3.8, 4) is 0 Å². The number of rotatable bonds is 1. The molecule has 0 radical (unpaired) electrons. The van der Waals surface area contributed by atoms with Gasteiger partial charge in [0.2, 0.25) is 0 Å². The predicted octanol–water partition coefficient (Wildman–Crippen LogP) is 3.08. The molecule has 0 spiro atoms. The molecule has 1 aliphatic rings. The quantitative estimate of drug-likeness (QED) is 0.720. The molecule has 16 heavy (non-hydrogen) atoms. The molecule has 1 aliphatic carbocycles. The van der Waals surface area contributed by atoms with E-state index in [4.69, 9.17) is 23.2 Å². The van der Waals surface area contributed by atoms with E-state index < -0.39 is 0 Å². The summed E-state index contributed by atoms with van der Waals surface area (Å²) in [7, 11) is 0. The van der Waals surface area contributed by atoms with Gasteiger partial charge in [-0.1, -0.05) is 23.2 Å². The van der Waals surface area contributed by atoms with Crippen LogP contribution in [0.15, 0.2) is 36.4 Å². The van der Waals surface area contributed by atoms with Crippen LogP contribution < -0.4 is 0 Å². The molecule has 0 atom stereocenters. The van der Waals surface area contributed by atoms with Gasteiger partial charge in [0.05, 0.1) is 0 Å². The minimum Gasteiger partial charge on any atom is -0.290 e. The van der Waals surface area contributed by atoms with Gasteiger partial charge in [0.1, 0.15) is 0 Å². The van der Waals surface area contributed by atoms with Gasteiger partial charge in [0.15, 0.2) is 11.6 Å². The maximum absolute atomic E-state index is 11.6. The molecule has 0 amide bonds. The Balaban J connectivity index is 2.56. The van der Waals surface area contributed by atoms with Gasteiger partial charge in [-0.15, -0.1) is 0 Å². The van der Waals surface area contributed by atoms with Crippen LogP contribution in [0.3, 0.4) is 0 Å². The molecule has 0 aromatic heterocycles. The minimum absolute atomic E-state index is 0.231. The van der Waals surface area contributed by atoms with Gasteiger partial charge < -0.3 is 0 Å². The lowest BCUT2D eigenvalue weighted by molar-refractivity contribution is -0.113. The fourth-order valence-corrected chi connectivity index (χ4v) is 1.81. The van der Waals surface area contributed by atoms with Gasteiger partial charge >= 0.3 is 0 Å². The first-order valence-corrected chi connectivity index (χ1v) is 5.27. The Kier molecular flexibility index (Phi) is 2.95. The first-order chi connectivity index (χ1) is 7.58. The van der Waals surface area contributed by atoms with Crippen molar-refractivity contribution in [2.45, 2.75) is 0 Å². The molecule has 2 rings (SSSR count). The molecule has 0 saturated heterocycles. The molecule has 0 unspecified atom stereocenters. The number of ketones is 2. The minimum atomic E-state index is -0.247. The molecule has 80 valence electrons. The van der Waals surface area contributed by atoms with Gasteiger partial charge in [-0.3, -0.25) is 9.59 Å². The lowest BCUT2D eigenvalue weighted by Gasteiger charge is -2.09. The molecule has 1 aromatic carbocycles. The van der Waals surface area contributed by atoms with Crippen LogP contribution in [0.5, 0.6) is 0 Å². The molecule has 0 N–H and O–H groups in total. The highest BCUT2D eigenvalue weighted by molar-refractivity contribution is 6.40. The van der Waals surface area contributed by atoms with Crippen LogP contribution in [-0.4, -0.2) is 11.6 Å². The maximum Gasteiger partial charge on any atom is 0.186 e. The number of hydrogen-bond acceptors (Lipinski definition) is 2. The summed E-state index contributed by atoms with van der Waals surface area (Å²) in [5.41, 5.74) is 0.761. The van der Waals surface area contributed by atoms with Crippen LogP contribution >= 0.6 is 23.2 Å². The molecular formula is C12H6Cl2O2. The van der Waals surface area contributed by atoms with Crippen LogP contribution in [0, 0.1) is 0 Å². The van der Waals surface area contributed by atoms with Gasteiger partial charge in [0.25, 0.3) is 0 Å². The smallest absolute Gasteiger partial charge is 0.186 e. The highest BCUT2D eigenvalue weighted by Gasteiger charge is 2.17. The number of benzene rings is 1. The summed E-state index contributed by atoms with van der Waals surface area (Å²) in [4.78, 5) is 22.8. The van der Waals surface area contributed by atoms with E-state index in [0.29, 0.717) is 15.6 Å². The summed E-state index contributed by atoms with van der Waals surface area (Å²) in [6.45, 7) is 0. The van der Waals surface area contributed by atoms with E-state index in [1.165, 1.54) is 18.2 Å². The average Bonchev–Trinajstić information content (AvgIpc) is 2.25.